The van der Waals surface area contributed by atoms with Crippen molar-refractivity contribution >= 4 is 10.8 Å². The van der Waals surface area contributed by atoms with Gasteiger partial charge in [0, 0.05) is 0 Å². The Morgan fingerprint density at radius 1 is 1.00 bits per heavy atom. The fourth-order valence-electron chi connectivity index (χ4n) is 2.32. The number of rotatable bonds is 5. The highest BCUT2D eigenvalue weighted by molar-refractivity contribution is 5.83. The molecule has 0 saturated carbocycles. The first kappa shape index (κ1) is 14.0. The second-order valence-electron chi connectivity index (χ2n) is 5.67. The van der Waals surface area contributed by atoms with Gasteiger partial charge in [-0.05, 0) is 41.2 Å². The van der Waals surface area contributed by atoms with Crippen molar-refractivity contribution in [3.05, 3.63) is 48.0 Å². The van der Waals surface area contributed by atoms with Gasteiger partial charge in [0.1, 0.15) is 0 Å². The minimum absolute atomic E-state index is 0.302. The summed E-state index contributed by atoms with van der Waals surface area (Å²) < 4.78 is 0. The zero-order chi connectivity index (χ0) is 13.8. The van der Waals surface area contributed by atoms with E-state index >= 15 is 0 Å². The average molecular weight is 257 g/mol. The molecule has 0 aliphatic rings. The van der Waals surface area contributed by atoms with Gasteiger partial charge in [-0.25, -0.2) is 0 Å². The van der Waals surface area contributed by atoms with Crippen LogP contribution in [0, 0.1) is 5.92 Å². The van der Waals surface area contributed by atoms with Crippen LogP contribution in [0.15, 0.2) is 42.5 Å². The van der Waals surface area contributed by atoms with Crippen molar-refractivity contribution < 1.29 is 5.11 Å². The molecule has 0 aliphatic heterocycles. The standard InChI is InChI=1S/C17H23NO/c1-12(2)7-10-16(19)17(18)15-9-8-13-5-3-4-6-14(13)11-15/h3-6,8-9,11-12,16-17,19H,7,10,18H2,1-2H3/t16-,17+/m0/s1. The smallest absolute Gasteiger partial charge is 0.0732 e. The minimum atomic E-state index is -0.469. The monoisotopic (exact) mass is 257 g/mol. The van der Waals surface area contributed by atoms with Crippen LogP contribution >= 0.6 is 0 Å². The quantitative estimate of drug-likeness (QED) is 0.859. The van der Waals surface area contributed by atoms with Crippen molar-refractivity contribution in [3.8, 4) is 0 Å². The Morgan fingerprint density at radius 3 is 2.37 bits per heavy atom. The van der Waals surface area contributed by atoms with E-state index in [4.69, 9.17) is 5.73 Å². The summed E-state index contributed by atoms with van der Waals surface area (Å²) in [5, 5.41) is 12.5. The van der Waals surface area contributed by atoms with Crippen LogP contribution < -0.4 is 5.73 Å². The zero-order valence-electron chi connectivity index (χ0n) is 11.7. The van der Waals surface area contributed by atoms with Crippen LogP contribution in [0.25, 0.3) is 10.8 Å². The first-order chi connectivity index (χ1) is 9.08. The molecule has 2 aromatic carbocycles. The van der Waals surface area contributed by atoms with Crippen molar-refractivity contribution in [1.82, 2.24) is 0 Å². The molecule has 2 heteroatoms. The Balaban J connectivity index is 2.14. The van der Waals surface area contributed by atoms with Crippen LogP contribution in [0.1, 0.15) is 38.3 Å². The molecule has 2 rings (SSSR count). The van der Waals surface area contributed by atoms with Gasteiger partial charge in [-0.2, -0.15) is 0 Å². The lowest BCUT2D eigenvalue weighted by molar-refractivity contribution is 0.128. The zero-order valence-corrected chi connectivity index (χ0v) is 11.7. The number of hydrogen-bond acceptors (Lipinski definition) is 2. The molecule has 3 N–H and O–H groups in total. The maximum atomic E-state index is 10.2. The van der Waals surface area contributed by atoms with Gasteiger partial charge in [-0.1, -0.05) is 50.2 Å². The molecular weight excluding hydrogens is 234 g/mol. The maximum Gasteiger partial charge on any atom is 0.0732 e. The van der Waals surface area contributed by atoms with E-state index in [9.17, 15) is 5.11 Å². The van der Waals surface area contributed by atoms with E-state index in [1.54, 1.807) is 0 Å². The van der Waals surface area contributed by atoms with E-state index < -0.39 is 6.10 Å². The van der Waals surface area contributed by atoms with Crippen LogP contribution in [0.5, 0.6) is 0 Å². The van der Waals surface area contributed by atoms with Crippen LogP contribution in [0.2, 0.25) is 0 Å². The average Bonchev–Trinajstić information content (AvgIpc) is 2.43. The van der Waals surface area contributed by atoms with Gasteiger partial charge < -0.3 is 10.8 Å². The van der Waals surface area contributed by atoms with Gasteiger partial charge in [0.2, 0.25) is 0 Å². The van der Waals surface area contributed by atoms with E-state index in [1.165, 1.54) is 10.8 Å². The molecule has 2 nitrogen and oxygen atoms in total. The number of aliphatic hydroxyl groups excluding tert-OH is 1. The number of hydrogen-bond donors (Lipinski definition) is 2. The molecule has 0 unspecified atom stereocenters. The van der Waals surface area contributed by atoms with Crippen molar-refractivity contribution in [2.45, 2.75) is 38.8 Å². The van der Waals surface area contributed by atoms with Crippen LogP contribution in [0.4, 0.5) is 0 Å². The van der Waals surface area contributed by atoms with Crippen molar-refractivity contribution in [2.24, 2.45) is 11.7 Å². The number of benzene rings is 2. The third-order valence-corrected chi connectivity index (χ3v) is 3.61. The molecule has 0 spiro atoms. The number of aliphatic hydroxyl groups is 1. The summed E-state index contributed by atoms with van der Waals surface area (Å²) in [4.78, 5) is 0. The maximum absolute atomic E-state index is 10.2. The predicted octanol–water partition coefficient (Wildman–Crippen LogP) is 3.64. The first-order valence-electron chi connectivity index (χ1n) is 7.00. The lowest BCUT2D eigenvalue weighted by atomic mass is 9.94. The Labute approximate surface area is 115 Å². The van der Waals surface area contributed by atoms with E-state index in [2.05, 4.69) is 38.1 Å². The van der Waals surface area contributed by atoms with Crippen LogP contribution in [-0.2, 0) is 0 Å². The molecule has 0 aliphatic carbocycles. The molecule has 0 aromatic heterocycles. The molecule has 0 saturated heterocycles. The van der Waals surface area contributed by atoms with Crippen LogP contribution in [0.3, 0.4) is 0 Å². The van der Waals surface area contributed by atoms with Crippen molar-refractivity contribution in [3.63, 3.8) is 0 Å². The van der Waals surface area contributed by atoms with E-state index in [-0.39, 0.29) is 6.04 Å². The van der Waals surface area contributed by atoms with Gasteiger partial charge in [0.15, 0.2) is 0 Å². The fourth-order valence-corrected chi connectivity index (χ4v) is 2.32. The van der Waals surface area contributed by atoms with Gasteiger partial charge in [-0.15, -0.1) is 0 Å². The number of fused-ring (bicyclic) bond motifs is 1. The largest absolute Gasteiger partial charge is 0.391 e. The highest BCUT2D eigenvalue weighted by atomic mass is 16.3. The van der Waals surface area contributed by atoms with E-state index in [1.807, 2.05) is 18.2 Å². The molecule has 102 valence electrons. The Morgan fingerprint density at radius 2 is 1.68 bits per heavy atom. The van der Waals surface area contributed by atoms with E-state index in [0.717, 1.165) is 18.4 Å². The summed E-state index contributed by atoms with van der Waals surface area (Å²) >= 11 is 0. The summed E-state index contributed by atoms with van der Waals surface area (Å²) in [5.74, 6) is 0.596. The topological polar surface area (TPSA) is 46.2 Å². The highest BCUT2D eigenvalue weighted by Crippen LogP contribution is 2.23. The number of nitrogens with two attached hydrogens (primary N) is 1. The molecule has 0 amide bonds. The third-order valence-electron chi connectivity index (χ3n) is 3.61. The van der Waals surface area contributed by atoms with Gasteiger partial charge in [-0.3, -0.25) is 0 Å². The fraction of sp³-hybridized carbons (Fsp3) is 0.412. The molecule has 19 heavy (non-hydrogen) atoms. The molecule has 0 fully saturated rings. The SMILES string of the molecule is CC(C)CC[C@H](O)[C@H](N)c1ccc2ccccc2c1. The minimum Gasteiger partial charge on any atom is -0.391 e. The predicted molar refractivity (Wildman–Crippen MR) is 81.0 cm³/mol. The summed E-state index contributed by atoms with van der Waals surface area (Å²) in [5.41, 5.74) is 7.17. The molecule has 2 atom stereocenters. The second-order valence-corrected chi connectivity index (χ2v) is 5.67. The lowest BCUT2D eigenvalue weighted by Crippen LogP contribution is -2.26. The molecule has 0 bridgehead atoms. The van der Waals surface area contributed by atoms with Crippen LogP contribution in [-0.4, -0.2) is 11.2 Å². The Hall–Kier alpha value is -1.38. The van der Waals surface area contributed by atoms with Crippen molar-refractivity contribution in [2.75, 3.05) is 0 Å². The van der Waals surface area contributed by atoms with Gasteiger partial charge in [0.05, 0.1) is 12.1 Å². The molecule has 0 radical (unpaired) electrons. The second kappa shape index (κ2) is 6.18. The Bertz CT molecular complexity index is 536. The van der Waals surface area contributed by atoms with Gasteiger partial charge >= 0.3 is 0 Å². The summed E-state index contributed by atoms with van der Waals surface area (Å²) in [6.45, 7) is 4.32. The van der Waals surface area contributed by atoms with Gasteiger partial charge in [0.25, 0.3) is 0 Å². The van der Waals surface area contributed by atoms with Crippen molar-refractivity contribution in [1.29, 1.82) is 0 Å². The summed E-state index contributed by atoms with van der Waals surface area (Å²) in [7, 11) is 0. The molecular formula is C17H23NO. The summed E-state index contributed by atoms with van der Waals surface area (Å²) in [6.07, 6.45) is 1.29. The first-order valence-corrected chi connectivity index (χ1v) is 7.00. The molecule has 0 heterocycles. The highest BCUT2D eigenvalue weighted by Gasteiger charge is 2.17. The van der Waals surface area contributed by atoms with E-state index in [0.29, 0.717) is 5.92 Å². The third kappa shape index (κ3) is 3.55. The Kier molecular flexibility index (Phi) is 4.56. The lowest BCUT2D eigenvalue weighted by Gasteiger charge is -2.20. The molecule has 2 aromatic rings. The normalized spacial score (nSPS) is 14.8. The summed E-state index contributed by atoms with van der Waals surface area (Å²) in [6, 6.07) is 14.1.